The van der Waals surface area contributed by atoms with E-state index >= 15 is 0 Å². The van der Waals surface area contributed by atoms with Gasteiger partial charge in [-0.25, -0.2) is 0 Å². The van der Waals surface area contributed by atoms with E-state index in [1.54, 1.807) is 0 Å². The Kier molecular flexibility index (Phi) is 2.70. The second-order valence-electron chi connectivity index (χ2n) is 3.34. The van der Waals surface area contributed by atoms with Crippen LogP contribution >= 0.6 is 11.3 Å². The lowest BCUT2D eigenvalue weighted by atomic mass is 10.4. The van der Waals surface area contributed by atoms with Crippen LogP contribution in [-0.2, 0) is 13.1 Å². The Labute approximate surface area is 88.0 Å². The average molecular weight is 206 g/mol. The summed E-state index contributed by atoms with van der Waals surface area (Å²) in [6.07, 6.45) is 2.08. The molecule has 0 bridgehead atoms. The molecular weight excluding hydrogens is 192 g/mol. The van der Waals surface area contributed by atoms with E-state index in [2.05, 4.69) is 35.9 Å². The van der Waals surface area contributed by atoms with E-state index < -0.39 is 0 Å². The van der Waals surface area contributed by atoms with Crippen molar-refractivity contribution in [3.05, 3.63) is 45.9 Å². The molecule has 0 unspecified atom stereocenters. The highest BCUT2D eigenvalue weighted by Crippen LogP contribution is 2.17. The summed E-state index contributed by atoms with van der Waals surface area (Å²) in [6, 6.07) is 8.45. The number of nitrogens with zero attached hydrogens (tertiary/aromatic N) is 1. The molecule has 0 atom stereocenters. The van der Waals surface area contributed by atoms with Crippen LogP contribution in [0.4, 0.5) is 0 Å². The first-order chi connectivity index (χ1) is 6.79. The van der Waals surface area contributed by atoms with Crippen LogP contribution in [0.15, 0.2) is 30.5 Å². The first kappa shape index (κ1) is 9.49. The normalized spacial score (nSPS) is 10.7. The Hall–Kier alpha value is -1.06. The van der Waals surface area contributed by atoms with Gasteiger partial charge in [0.05, 0.1) is 6.54 Å². The van der Waals surface area contributed by atoms with Gasteiger partial charge < -0.3 is 10.3 Å². The van der Waals surface area contributed by atoms with Gasteiger partial charge in [-0.1, -0.05) is 0 Å². The number of aromatic nitrogens is 1. The van der Waals surface area contributed by atoms with Crippen LogP contribution in [0, 0.1) is 6.92 Å². The van der Waals surface area contributed by atoms with Crippen molar-refractivity contribution in [1.29, 1.82) is 0 Å². The summed E-state index contributed by atoms with van der Waals surface area (Å²) >= 11 is 1.84. The van der Waals surface area contributed by atoms with Crippen molar-refractivity contribution >= 4 is 11.3 Å². The molecule has 0 radical (unpaired) electrons. The molecule has 2 heterocycles. The molecule has 0 saturated carbocycles. The molecule has 2 rings (SSSR count). The highest BCUT2D eigenvalue weighted by molar-refractivity contribution is 7.11. The van der Waals surface area contributed by atoms with Crippen molar-refractivity contribution in [2.24, 2.45) is 5.73 Å². The average Bonchev–Trinajstić information content (AvgIpc) is 2.76. The van der Waals surface area contributed by atoms with Crippen molar-refractivity contribution in [1.82, 2.24) is 4.57 Å². The molecule has 0 fully saturated rings. The van der Waals surface area contributed by atoms with E-state index in [1.165, 1.54) is 15.4 Å². The quantitative estimate of drug-likeness (QED) is 0.821. The summed E-state index contributed by atoms with van der Waals surface area (Å²) in [4.78, 5) is 2.75. The highest BCUT2D eigenvalue weighted by Gasteiger charge is 2.01. The number of rotatable bonds is 3. The Morgan fingerprint density at radius 3 is 2.86 bits per heavy atom. The Bertz CT molecular complexity index is 414. The van der Waals surface area contributed by atoms with Gasteiger partial charge in [-0.2, -0.15) is 0 Å². The van der Waals surface area contributed by atoms with Gasteiger partial charge in [-0.05, 0) is 31.2 Å². The largest absolute Gasteiger partial charge is 0.345 e. The second kappa shape index (κ2) is 3.98. The van der Waals surface area contributed by atoms with Gasteiger partial charge in [0.2, 0.25) is 0 Å². The monoisotopic (exact) mass is 206 g/mol. The van der Waals surface area contributed by atoms with E-state index in [-0.39, 0.29) is 0 Å². The smallest absolute Gasteiger partial charge is 0.0566 e. The molecule has 2 nitrogen and oxygen atoms in total. The summed E-state index contributed by atoms with van der Waals surface area (Å²) in [7, 11) is 0. The molecule has 2 aromatic rings. The predicted octanol–water partition coefficient (Wildman–Crippen LogP) is 2.37. The molecule has 14 heavy (non-hydrogen) atoms. The van der Waals surface area contributed by atoms with Crippen LogP contribution in [0.3, 0.4) is 0 Å². The van der Waals surface area contributed by atoms with Crippen LogP contribution in [0.1, 0.15) is 15.4 Å². The molecule has 2 aromatic heterocycles. The van der Waals surface area contributed by atoms with Crippen molar-refractivity contribution in [3.63, 3.8) is 0 Å². The fourth-order valence-electron chi connectivity index (χ4n) is 1.53. The molecule has 0 aliphatic heterocycles. The molecule has 0 aliphatic rings. The van der Waals surface area contributed by atoms with Crippen molar-refractivity contribution in [2.75, 3.05) is 0 Å². The fourth-order valence-corrected chi connectivity index (χ4v) is 2.42. The number of nitrogens with two attached hydrogens (primary N) is 1. The SMILES string of the molecule is Cc1ccc(Cn2cccc2CN)s1. The third-order valence-electron chi connectivity index (χ3n) is 2.25. The fraction of sp³-hybridized carbons (Fsp3) is 0.273. The van der Waals surface area contributed by atoms with Crippen LogP contribution in [-0.4, -0.2) is 4.57 Å². The lowest BCUT2D eigenvalue weighted by Crippen LogP contribution is -2.06. The molecule has 74 valence electrons. The van der Waals surface area contributed by atoms with E-state index in [0.29, 0.717) is 6.54 Å². The summed E-state index contributed by atoms with van der Waals surface area (Å²) in [5.74, 6) is 0. The molecule has 0 amide bonds. The minimum atomic E-state index is 0.608. The van der Waals surface area contributed by atoms with Gasteiger partial charge in [-0.15, -0.1) is 11.3 Å². The summed E-state index contributed by atoms with van der Waals surface area (Å²) in [6.45, 7) is 3.68. The van der Waals surface area contributed by atoms with E-state index in [0.717, 1.165) is 6.54 Å². The van der Waals surface area contributed by atoms with Crippen LogP contribution in [0.5, 0.6) is 0 Å². The second-order valence-corrected chi connectivity index (χ2v) is 4.72. The molecule has 0 spiro atoms. The van der Waals surface area contributed by atoms with Gasteiger partial charge in [-0.3, -0.25) is 0 Å². The maximum atomic E-state index is 5.64. The zero-order valence-corrected chi connectivity index (χ0v) is 9.05. The number of thiophene rings is 1. The van der Waals surface area contributed by atoms with Gasteiger partial charge in [0, 0.05) is 28.2 Å². The van der Waals surface area contributed by atoms with E-state index in [9.17, 15) is 0 Å². The zero-order valence-electron chi connectivity index (χ0n) is 8.23. The molecule has 0 saturated heterocycles. The first-order valence-corrected chi connectivity index (χ1v) is 5.50. The van der Waals surface area contributed by atoms with Crippen molar-refractivity contribution in [2.45, 2.75) is 20.0 Å². The summed E-state index contributed by atoms with van der Waals surface area (Å²) in [5, 5.41) is 0. The van der Waals surface area contributed by atoms with Gasteiger partial charge >= 0.3 is 0 Å². The molecule has 0 aromatic carbocycles. The standard InChI is InChI=1S/C11H14N2S/c1-9-4-5-11(14-9)8-13-6-2-3-10(13)7-12/h2-6H,7-8,12H2,1H3. The van der Waals surface area contributed by atoms with Gasteiger partial charge in [0.1, 0.15) is 0 Å². The van der Waals surface area contributed by atoms with Crippen molar-refractivity contribution in [3.8, 4) is 0 Å². The number of hydrogen-bond acceptors (Lipinski definition) is 2. The summed E-state index contributed by atoms with van der Waals surface area (Å²) < 4.78 is 2.20. The Morgan fingerprint density at radius 2 is 2.21 bits per heavy atom. The number of hydrogen-bond donors (Lipinski definition) is 1. The van der Waals surface area contributed by atoms with Gasteiger partial charge in [0.15, 0.2) is 0 Å². The predicted molar refractivity (Wildman–Crippen MR) is 60.5 cm³/mol. The maximum Gasteiger partial charge on any atom is 0.0566 e. The van der Waals surface area contributed by atoms with Gasteiger partial charge in [0.25, 0.3) is 0 Å². The maximum absolute atomic E-state index is 5.64. The first-order valence-electron chi connectivity index (χ1n) is 4.69. The Morgan fingerprint density at radius 1 is 1.36 bits per heavy atom. The third-order valence-corrected chi connectivity index (χ3v) is 3.24. The minimum absolute atomic E-state index is 0.608. The van der Waals surface area contributed by atoms with Crippen molar-refractivity contribution < 1.29 is 0 Å². The lowest BCUT2D eigenvalue weighted by molar-refractivity contribution is 0.753. The lowest BCUT2D eigenvalue weighted by Gasteiger charge is -2.05. The molecule has 0 aliphatic carbocycles. The molecular formula is C11H14N2S. The zero-order chi connectivity index (χ0) is 9.97. The molecule has 2 N–H and O–H groups in total. The van der Waals surface area contributed by atoms with Crippen LogP contribution in [0.2, 0.25) is 0 Å². The third kappa shape index (κ3) is 1.89. The number of aryl methyl sites for hydroxylation is 1. The highest BCUT2D eigenvalue weighted by atomic mass is 32.1. The molecule has 3 heteroatoms. The topological polar surface area (TPSA) is 30.9 Å². The Balaban J connectivity index is 2.18. The van der Waals surface area contributed by atoms with E-state index in [1.807, 2.05) is 17.4 Å². The van der Waals surface area contributed by atoms with Crippen LogP contribution < -0.4 is 5.73 Å². The minimum Gasteiger partial charge on any atom is -0.345 e. The summed E-state index contributed by atoms with van der Waals surface area (Å²) in [5.41, 5.74) is 6.83. The van der Waals surface area contributed by atoms with Crippen LogP contribution in [0.25, 0.3) is 0 Å². The van der Waals surface area contributed by atoms with E-state index in [4.69, 9.17) is 5.73 Å².